The second-order valence-electron chi connectivity index (χ2n) is 5.03. The maximum absolute atomic E-state index is 12.0. The molecule has 1 amide bonds. The first-order chi connectivity index (χ1) is 10.3. The quantitative estimate of drug-likeness (QED) is 0.775. The molecule has 2 aromatic carbocycles. The van der Waals surface area contributed by atoms with Gasteiger partial charge in [-0.3, -0.25) is 4.90 Å². The molecule has 4 nitrogen and oxygen atoms in total. The molecule has 1 saturated heterocycles. The topological polar surface area (TPSA) is 45.3 Å². The van der Waals surface area contributed by atoms with Crippen molar-refractivity contribution in [2.75, 3.05) is 18.1 Å². The molecule has 0 aliphatic carbocycles. The van der Waals surface area contributed by atoms with E-state index in [2.05, 4.69) is 4.98 Å². The van der Waals surface area contributed by atoms with Crippen molar-refractivity contribution in [2.45, 2.75) is 0 Å². The zero-order valence-corrected chi connectivity index (χ0v) is 11.4. The summed E-state index contributed by atoms with van der Waals surface area (Å²) in [6.45, 7) is 1.02. The van der Waals surface area contributed by atoms with Crippen molar-refractivity contribution in [2.24, 2.45) is 0 Å². The fourth-order valence-corrected chi connectivity index (χ4v) is 2.82. The predicted octanol–water partition coefficient (Wildman–Crippen LogP) is 3.79. The second kappa shape index (κ2) is 4.66. The Morgan fingerprint density at radius 1 is 1.00 bits per heavy atom. The lowest BCUT2D eigenvalue weighted by Gasteiger charge is -2.14. The Morgan fingerprint density at radius 3 is 2.52 bits per heavy atom. The number of rotatable bonds is 2. The summed E-state index contributed by atoms with van der Waals surface area (Å²) >= 11 is 0. The number of nitrogens with zero attached hydrogens (tertiary/aromatic N) is 1. The zero-order chi connectivity index (χ0) is 14.2. The van der Waals surface area contributed by atoms with E-state index >= 15 is 0 Å². The van der Waals surface area contributed by atoms with E-state index in [1.165, 1.54) is 0 Å². The minimum absolute atomic E-state index is 0.281. The molecule has 0 atom stereocenters. The molecule has 2 heterocycles. The Labute approximate surface area is 122 Å². The standard InChI is InChI=1S/C17H14N2O2/c20-17-19(10-11-21-17)16-13-8-4-5-9-14(13)18-15(16)12-6-2-1-3-7-12/h1-9,18H,10-11H2. The van der Waals surface area contributed by atoms with Gasteiger partial charge < -0.3 is 9.72 Å². The largest absolute Gasteiger partial charge is 0.447 e. The van der Waals surface area contributed by atoms with Crippen molar-refractivity contribution in [3.8, 4) is 11.3 Å². The number of hydrogen-bond acceptors (Lipinski definition) is 2. The van der Waals surface area contributed by atoms with Crippen LogP contribution in [0.15, 0.2) is 54.6 Å². The van der Waals surface area contributed by atoms with Crippen LogP contribution in [0, 0.1) is 0 Å². The van der Waals surface area contributed by atoms with Gasteiger partial charge in [0.2, 0.25) is 0 Å². The molecule has 0 bridgehead atoms. The number of cyclic esters (lactones) is 1. The summed E-state index contributed by atoms with van der Waals surface area (Å²) in [7, 11) is 0. The fourth-order valence-electron chi connectivity index (χ4n) is 2.82. The average molecular weight is 278 g/mol. The van der Waals surface area contributed by atoms with E-state index in [0.717, 1.165) is 27.8 Å². The molecule has 1 aliphatic heterocycles. The molecule has 0 unspecified atom stereocenters. The van der Waals surface area contributed by atoms with Gasteiger partial charge in [-0.25, -0.2) is 4.79 Å². The number of anilines is 1. The Balaban J connectivity index is 1.99. The van der Waals surface area contributed by atoms with Crippen LogP contribution in [0.4, 0.5) is 10.5 Å². The van der Waals surface area contributed by atoms with E-state index in [4.69, 9.17) is 4.74 Å². The Morgan fingerprint density at radius 2 is 1.76 bits per heavy atom. The van der Waals surface area contributed by atoms with Gasteiger partial charge in [-0.15, -0.1) is 0 Å². The Hall–Kier alpha value is -2.75. The normalized spacial score (nSPS) is 14.7. The number of carbonyl (C=O) groups is 1. The Kier molecular flexibility index (Phi) is 2.67. The average Bonchev–Trinajstić information content (AvgIpc) is 3.11. The van der Waals surface area contributed by atoms with E-state index in [0.29, 0.717) is 13.2 Å². The molecule has 4 rings (SSSR count). The number of amides is 1. The molecular weight excluding hydrogens is 264 g/mol. The number of aromatic nitrogens is 1. The SMILES string of the molecule is O=C1OCCN1c1c(-c2ccccc2)[nH]c2ccccc12. The molecule has 0 saturated carbocycles. The van der Waals surface area contributed by atoms with Crippen molar-refractivity contribution in [1.29, 1.82) is 0 Å². The minimum Gasteiger partial charge on any atom is -0.447 e. The molecule has 3 aromatic rings. The van der Waals surface area contributed by atoms with Crippen molar-refractivity contribution in [1.82, 2.24) is 4.98 Å². The zero-order valence-electron chi connectivity index (χ0n) is 11.4. The summed E-state index contributed by atoms with van der Waals surface area (Å²) < 4.78 is 5.10. The lowest BCUT2D eigenvalue weighted by molar-refractivity contribution is 0.181. The maximum atomic E-state index is 12.0. The lowest BCUT2D eigenvalue weighted by atomic mass is 10.1. The van der Waals surface area contributed by atoms with Crippen molar-refractivity contribution in [3.63, 3.8) is 0 Å². The van der Waals surface area contributed by atoms with Crippen LogP contribution >= 0.6 is 0 Å². The van der Waals surface area contributed by atoms with E-state index in [1.54, 1.807) is 4.90 Å². The highest BCUT2D eigenvalue weighted by molar-refractivity contribution is 6.08. The van der Waals surface area contributed by atoms with Crippen molar-refractivity contribution >= 4 is 22.7 Å². The van der Waals surface area contributed by atoms with E-state index in [-0.39, 0.29) is 6.09 Å². The summed E-state index contributed by atoms with van der Waals surface area (Å²) in [5.74, 6) is 0. The van der Waals surface area contributed by atoms with E-state index in [9.17, 15) is 4.79 Å². The number of aromatic amines is 1. The first kappa shape index (κ1) is 12.0. The van der Waals surface area contributed by atoms with Crippen LogP contribution in [0.25, 0.3) is 22.2 Å². The second-order valence-corrected chi connectivity index (χ2v) is 5.03. The van der Waals surface area contributed by atoms with Crippen LogP contribution in [0.2, 0.25) is 0 Å². The van der Waals surface area contributed by atoms with E-state index in [1.807, 2.05) is 54.6 Å². The van der Waals surface area contributed by atoms with Gasteiger partial charge in [0.1, 0.15) is 6.61 Å². The van der Waals surface area contributed by atoms with Crippen LogP contribution in [0.3, 0.4) is 0 Å². The number of fused-ring (bicyclic) bond motifs is 1. The first-order valence-corrected chi connectivity index (χ1v) is 6.95. The van der Waals surface area contributed by atoms with Crippen LogP contribution in [-0.2, 0) is 4.74 Å². The summed E-state index contributed by atoms with van der Waals surface area (Å²) in [4.78, 5) is 17.1. The molecule has 4 heteroatoms. The third-order valence-electron chi connectivity index (χ3n) is 3.77. The number of nitrogens with one attached hydrogen (secondary N) is 1. The van der Waals surface area contributed by atoms with Gasteiger partial charge in [-0.2, -0.15) is 0 Å². The fraction of sp³-hybridized carbons (Fsp3) is 0.118. The number of ether oxygens (including phenoxy) is 1. The number of hydrogen-bond donors (Lipinski definition) is 1. The molecule has 21 heavy (non-hydrogen) atoms. The van der Waals surface area contributed by atoms with Crippen LogP contribution in [0.1, 0.15) is 0 Å². The predicted molar refractivity (Wildman–Crippen MR) is 82.4 cm³/mol. The number of benzene rings is 2. The van der Waals surface area contributed by atoms with Gasteiger partial charge in [-0.05, 0) is 6.07 Å². The highest BCUT2D eigenvalue weighted by atomic mass is 16.6. The monoisotopic (exact) mass is 278 g/mol. The van der Waals surface area contributed by atoms with Gasteiger partial charge in [-0.1, -0.05) is 48.5 Å². The lowest BCUT2D eigenvalue weighted by Crippen LogP contribution is -2.23. The van der Waals surface area contributed by atoms with Crippen LogP contribution in [0.5, 0.6) is 0 Å². The highest BCUT2D eigenvalue weighted by Crippen LogP contribution is 2.38. The van der Waals surface area contributed by atoms with Crippen molar-refractivity contribution in [3.05, 3.63) is 54.6 Å². The van der Waals surface area contributed by atoms with Gasteiger partial charge in [0.15, 0.2) is 0 Å². The number of carbonyl (C=O) groups excluding carboxylic acids is 1. The molecular formula is C17H14N2O2. The maximum Gasteiger partial charge on any atom is 0.414 e. The van der Waals surface area contributed by atoms with Gasteiger partial charge in [0.05, 0.1) is 17.9 Å². The highest BCUT2D eigenvalue weighted by Gasteiger charge is 2.29. The molecule has 0 spiro atoms. The number of H-pyrrole nitrogens is 1. The summed E-state index contributed by atoms with van der Waals surface area (Å²) in [6, 6.07) is 18.1. The summed E-state index contributed by atoms with van der Waals surface area (Å²) in [5, 5.41) is 1.04. The number of para-hydroxylation sites is 1. The van der Waals surface area contributed by atoms with Gasteiger partial charge in [0, 0.05) is 16.5 Å². The minimum atomic E-state index is -0.281. The molecule has 104 valence electrons. The Bertz CT molecular complexity index is 808. The summed E-state index contributed by atoms with van der Waals surface area (Å²) in [6.07, 6.45) is -0.281. The molecule has 1 aromatic heterocycles. The molecule has 1 N–H and O–H groups in total. The van der Waals surface area contributed by atoms with Crippen molar-refractivity contribution < 1.29 is 9.53 Å². The van der Waals surface area contributed by atoms with Gasteiger partial charge in [0.25, 0.3) is 0 Å². The van der Waals surface area contributed by atoms with Gasteiger partial charge >= 0.3 is 6.09 Å². The smallest absolute Gasteiger partial charge is 0.414 e. The first-order valence-electron chi connectivity index (χ1n) is 6.95. The van der Waals surface area contributed by atoms with Crippen LogP contribution in [-0.4, -0.2) is 24.2 Å². The molecule has 1 fully saturated rings. The third-order valence-corrected chi connectivity index (χ3v) is 3.77. The molecule has 0 radical (unpaired) electrons. The van der Waals surface area contributed by atoms with E-state index < -0.39 is 0 Å². The summed E-state index contributed by atoms with van der Waals surface area (Å²) in [5.41, 5.74) is 3.93. The van der Waals surface area contributed by atoms with Crippen LogP contribution < -0.4 is 4.90 Å². The third kappa shape index (κ3) is 1.88. The molecule has 1 aliphatic rings.